The topological polar surface area (TPSA) is 91.0 Å². The zero-order chi connectivity index (χ0) is 18.0. The number of benzene rings is 1. The number of aryl methyl sites for hydroxylation is 1. The summed E-state index contributed by atoms with van der Waals surface area (Å²) in [6.45, 7) is 3.73. The van der Waals surface area contributed by atoms with Gasteiger partial charge in [-0.05, 0) is 26.0 Å². The Morgan fingerprint density at radius 3 is 2.72 bits per heavy atom. The van der Waals surface area contributed by atoms with Crippen molar-refractivity contribution in [2.75, 3.05) is 12.1 Å². The van der Waals surface area contributed by atoms with Crippen molar-refractivity contribution in [1.29, 1.82) is 0 Å². The molecular weight excluding hydrogens is 322 g/mol. The normalized spacial score (nSPS) is 17.1. The molecule has 3 rings (SSSR count). The molecule has 1 aromatic heterocycles. The number of carbonyl (C=O) groups is 2. The molecule has 0 bridgehead atoms. The van der Waals surface area contributed by atoms with Gasteiger partial charge < -0.3 is 9.42 Å². The first-order valence-corrected chi connectivity index (χ1v) is 7.87. The van der Waals surface area contributed by atoms with Crippen LogP contribution < -0.4 is 10.4 Å². The molecule has 1 aliphatic heterocycles. The van der Waals surface area contributed by atoms with Crippen molar-refractivity contribution in [3.8, 4) is 0 Å². The summed E-state index contributed by atoms with van der Waals surface area (Å²) in [5.41, 5.74) is 4.11. The Bertz CT molecular complexity index is 815. The monoisotopic (exact) mass is 341 g/mol. The summed E-state index contributed by atoms with van der Waals surface area (Å²) >= 11 is 0. The number of amidine groups is 1. The van der Waals surface area contributed by atoms with Crippen LogP contribution in [0.3, 0.4) is 0 Å². The number of hydrogen-bond donors (Lipinski definition) is 1. The molecule has 0 spiro atoms. The Labute approximate surface area is 145 Å². The van der Waals surface area contributed by atoms with Gasteiger partial charge in [0.25, 0.3) is 11.8 Å². The lowest BCUT2D eigenvalue weighted by molar-refractivity contribution is -0.124. The zero-order valence-corrected chi connectivity index (χ0v) is 14.3. The van der Waals surface area contributed by atoms with Gasteiger partial charge in [-0.15, -0.1) is 0 Å². The number of aromatic nitrogens is 1. The Morgan fingerprint density at radius 1 is 1.36 bits per heavy atom. The highest BCUT2D eigenvalue weighted by atomic mass is 16.5. The molecule has 1 aromatic carbocycles. The lowest BCUT2D eigenvalue weighted by atomic mass is 10.2. The number of hydrazine groups is 1. The molecule has 1 N–H and O–H groups in total. The fraction of sp³-hybridized carbons (Fsp3) is 0.294. The molecule has 1 atom stereocenters. The van der Waals surface area contributed by atoms with E-state index in [9.17, 15) is 9.59 Å². The van der Waals surface area contributed by atoms with Gasteiger partial charge in [0.15, 0.2) is 0 Å². The molecule has 0 aliphatic carbocycles. The third-order valence-corrected chi connectivity index (χ3v) is 3.76. The van der Waals surface area contributed by atoms with Crippen molar-refractivity contribution in [1.82, 2.24) is 15.5 Å². The summed E-state index contributed by atoms with van der Waals surface area (Å²) in [5.74, 6) is 0.232. The summed E-state index contributed by atoms with van der Waals surface area (Å²) in [5, 5.41) is 5.23. The first-order valence-electron chi connectivity index (χ1n) is 7.87. The average Bonchev–Trinajstić information content (AvgIpc) is 3.02. The molecule has 0 saturated carbocycles. The highest BCUT2D eigenvalue weighted by molar-refractivity contribution is 6.39. The summed E-state index contributed by atoms with van der Waals surface area (Å²) in [6, 6.07) is 10.2. The molecule has 0 saturated heterocycles. The molecule has 1 unspecified atom stereocenters. The molecule has 130 valence electrons. The Kier molecular flexibility index (Phi) is 4.51. The van der Waals surface area contributed by atoms with Crippen LogP contribution in [0, 0.1) is 6.92 Å². The van der Waals surface area contributed by atoms with E-state index in [2.05, 4.69) is 15.6 Å². The van der Waals surface area contributed by atoms with E-state index in [1.54, 1.807) is 39.1 Å². The zero-order valence-electron chi connectivity index (χ0n) is 14.3. The van der Waals surface area contributed by atoms with Gasteiger partial charge in [0.1, 0.15) is 17.5 Å². The number of anilines is 1. The second kappa shape index (κ2) is 6.76. The van der Waals surface area contributed by atoms with Crippen LogP contribution in [0.15, 0.2) is 45.9 Å². The minimum absolute atomic E-state index is 0.110. The number of rotatable bonds is 4. The largest absolute Gasteiger partial charge is 0.361 e. The predicted octanol–water partition coefficient (Wildman–Crippen LogP) is 1.28. The summed E-state index contributed by atoms with van der Waals surface area (Å²) < 4.78 is 5.01. The van der Waals surface area contributed by atoms with E-state index in [0.717, 1.165) is 0 Å². The number of nitrogens with zero attached hydrogens (tertiary/aromatic N) is 4. The number of para-hydroxylation sites is 1. The molecule has 0 fully saturated rings. The van der Waals surface area contributed by atoms with Crippen molar-refractivity contribution in [3.05, 3.63) is 47.9 Å². The lowest BCUT2D eigenvalue weighted by Crippen LogP contribution is -2.58. The third kappa shape index (κ3) is 3.52. The number of aliphatic imine (C=N–C) groups is 1. The molecule has 8 heteroatoms. The quantitative estimate of drug-likeness (QED) is 0.904. The number of amides is 2. The Morgan fingerprint density at radius 2 is 2.08 bits per heavy atom. The first kappa shape index (κ1) is 16.7. The molecule has 2 amide bonds. The number of nitrogens with one attached hydrogen (secondary N) is 1. The maximum Gasteiger partial charge on any atom is 0.290 e. The van der Waals surface area contributed by atoms with Gasteiger partial charge in [0, 0.05) is 13.1 Å². The molecular formula is C17H19N5O3. The molecule has 1 aliphatic rings. The van der Waals surface area contributed by atoms with Crippen LogP contribution in [0.1, 0.15) is 18.4 Å². The minimum atomic E-state index is -0.650. The second-order valence-corrected chi connectivity index (χ2v) is 5.86. The minimum Gasteiger partial charge on any atom is -0.361 e. The van der Waals surface area contributed by atoms with E-state index < -0.39 is 6.04 Å². The first-order chi connectivity index (χ1) is 12.0. The van der Waals surface area contributed by atoms with E-state index in [1.807, 2.05) is 18.2 Å². The standard InChI is InChI=1S/C17H19N5O3/c1-11-9-13(20-25-11)10-21(3)17(24)15-18-12(2)16(23)22(19-15)14-7-5-4-6-8-14/h4-9,12H,10H2,1-3H3,(H,18,19). The van der Waals surface area contributed by atoms with Crippen LogP contribution >= 0.6 is 0 Å². The fourth-order valence-electron chi connectivity index (χ4n) is 2.49. The van der Waals surface area contributed by atoms with Crippen LogP contribution in [0.4, 0.5) is 5.69 Å². The van der Waals surface area contributed by atoms with Crippen molar-refractivity contribution in [3.63, 3.8) is 0 Å². The van der Waals surface area contributed by atoms with Crippen LogP contribution in [-0.2, 0) is 16.1 Å². The van der Waals surface area contributed by atoms with Crippen molar-refractivity contribution < 1.29 is 14.1 Å². The van der Waals surface area contributed by atoms with Gasteiger partial charge in [-0.2, -0.15) is 0 Å². The predicted molar refractivity (Wildman–Crippen MR) is 91.7 cm³/mol. The van der Waals surface area contributed by atoms with Crippen molar-refractivity contribution in [2.45, 2.75) is 26.4 Å². The number of hydrogen-bond acceptors (Lipinski definition) is 6. The van der Waals surface area contributed by atoms with E-state index in [-0.39, 0.29) is 24.2 Å². The van der Waals surface area contributed by atoms with Gasteiger partial charge in [-0.3, -0.25) is 15.0 Å². The number of likely N-dealkylation sites (N-methyl/N-ethyl adjacent to an activating group) is 1. The highest BCUT2D eigenvalue weighted by Crippen LogP contribution is 2.16. The van der Waals surface area contributed by atoms with Gasteiger partial charge in [0.2, 0.25) is 5.84 Å². The van der Waals surface area contributed by atoms with Crippen LogP contribution in [0.25, 0.3) is 0 Å². The van der Waals surface area contributed by atoms with Gasteiger partial charge in [-0.1, -0.05) is 23.4 Å². The van der Waals surface area contributed by atoms with Gasteiger partial charge >= 0.3 is 0 Å². The third-order valence-electron chi connectivity index (χ3n) is 3.76. The maximum absolute atomic E-state index is 12.7. The number of carbonyl (C=O) groups excluding carboxylic acids is 2. The fourth-order valence-corrected chi connectivity index (χ4v) is 2.49. The lowest BCUT2D eigenvalue weighted by Gasteiger charge is -2.31. The van der Waals surface area contributed by atoms with Crippen molar-refractivity contribution >= 4 is 23.3 Å². The summed E-state index contributed by atoms with van der Waals surface area (Å²) in [4.78, 5) is 30.7. The highest BCUT2D eigenvalue weighted by Gasteiger charge is 2.31. The van der Waals surface area contributed by atoms with E-state index in [1.165, 1.54) is 9.91 Å². The van der Waals surface area contributed by atoms with Crippen LogP contribution in [-0.4, -0.2) is 40.8 Å². The second-order valence-electron chi connectivity index (χ2n) is 5.86. The maximum atomic E-state index is 12.7. The molecule has 2 heterocycles. The summed E-state index contributed by atoms with van der Waals surface area (Å²) in [7, 11) is 1.64. The van der Waals surface area contributed by atoms with Gasteiger partial charge in [0.05, 0.1) is 12.2 Å². The SMILES string of the molecule is Cc1cc(CN(C)C(=O)C2=NC(C)C(=O)N(c3ccccc3)N2)no1. The van der Waals surface area contributed by atoms with E-state index in [4.69, 9.17) is 4.52 Å². The molecule has 2 aromatic rings. The summed E-state index contributed by atoms with van der Waals surface area (Å²) in [6.07, 6.45) is 0. The van der Waals surface area contributed by atoms with Gasteiger partial charge in [-0.25, -0.2) is 10.0 Å². The Hall–Kier alpha value is -3.16. The van der Waals surface area contributed by atoms with E-state index in [0.29, 0.717) is 17.1 Å². The van der Waals surface area contributed by atoms with Crippen molar-refractivity contribution in [2.24, 2.45) is 4.99 Å². The van der Waals surface area contributed by atoms with Crippen LogP contribution in [0.5, 0.6) is 0 Å². The molecule has 8 nitrogen and oxygen atoms in total. The van der Waals surface area contributed by atoms with E-state index >= 15 is 0 Å². The van der Waals surface area contributed by atoms with Crippen LogP contribution in [0.2, 0.25) is 0 Å². The molecule has 0 radical (unpaired) electrons. The average molecular weight is 341 g/mol. The Balaban J connectivity index is 1.77. The molecule has 25 heavy (non-hydrogen) atoms. The smallest absolute Gasteiger partial charge is 0.290 e.